The molecule has 2 fully saturated rings. The molecule has 1 amide bonds. The van der Waals surface area contributed by atoms with Crippen LogP contribution in [0.4, 0.5) is 0 Å². The molecule has 1 aromatic rings. The summed E-state index contributed by atoms with van der Waals surface area (Å²) in [6.07, 6.45) is 2.20. The predicted octanol–water partition coefficient (Wildman–Crippen LogP) is 1.37. The first-order valence-electron chi connectivity index (χ1n) is 7.56. The number of ether oxygens (including phenoxy) is 2. The van der Waals surface area contributed by atoms with Gasteiger partial charge in [-0.1, -0.05) is 12.1 Å². The van der Waals surface area contributed by atoms with Crippen LogP contribution in [-0.2, 0) is 16.0 Å². The van der Waals surface area contributed by atoms with Crippen LogP contribution in [0.1, 0.15) is 28.8 Å². The van der Waals surface area contributed by atoms with E-state index in [2.05, 4.69) is 4.90 Å². The second-order valence-electron chi connectivity index (χ2n) is 5.79. The van der Waals surface area contributed by atoms with Gasteiger partial charge in [0.05, 0.1) is 13.2 Å². The zero-order valence-corrected chi connectivity index (χ0v) is 12.2. The Kier molecular flexibility index (Phi) is 4.53. The molecular weight excluding hydrogens is 268 g/mol. The first kappa shape index (κ1) is 14.5. The Morgan fingerprint density at radius 2 is 1.95 bits per heavy atom. The Labute approximate surface area is 125 Å². The van der Waals surface area contributed by atoms with Gasteiger partial charge in [-0.2, -0.15) is 0 Å². The number of rotatable bonds is 4. The van der Waals surface area contributed by atoms with Crippen molar-refractivity contribution in [2.75, 3.05) is 26.3 Å². The lowest BCUT2D eigenvalue weighted by molar-refractivity contribution is -0.0977. The van der Waals surface area contributed by atoms with Gasteiger partial charge in [0.1, 0.15) is 0 Å². The number of piperidine rings is 1. The number of hydrogen-bond acceptors (Lipinski definition) is 4. The zero-order chi connectivity index (χ0) is 14.7. The minimum Gasteiger partial charge on any atom is -0.366 e. The summed E-state index contributed by atoms with van der Waals surface area (Å²) >= 11 is 0. The summed E-state index contributed by atoms with van der Waals surface area (Å²) < 4.78 is 11.2. The second kappa shape index (κ2) is 6.56. The SMILES string of the molecule is NC(=O)c1cccc(CN2CCC(C3OCCO3)CC2)c1. The highest BCUT2D eigenvalue weighted by molar-refractivity contribution is 5.92. The Morgan fingerprint density at radius 3 is 2.62 bits per heavy atom. The van der Waals surface area contributed by atoms with E-state index in [1.807, 2.05) is 18.2 Å². The molecule has 2 aliphatic heterocycles. The fraction of sp³-hybridized carbons (Fsp3) is 0.562. The van der Waals surface area contributed by atoms with Crippen LogP contribution in [-0.4, -0.2) is 43.4 Å². The summed E-state index contributed by atoms with van der Waals surface area (Å²) in [4.78, 5) is 13.6. The Bertz CT molecular complexity index is 492. The number of nitrogens with two attached hydrogens (primary N) is 1. The molecule has 114 valence electrons. The highest BCUT2D eigenvalue weighted by Gasteiger charge is 2.30. The smallest absolute Gasteiger partial charge is 0.248 e. The first-order valence-corrected chi connectivity index (χ1v) is 7.56. The molecule has 0 radical (unpaired) electrons. The van der Waals surface area contributed by atoms with E-state index in [9.17, 15) is 4.79 Å². The van der Waals surface area contributed by atoms with Crippen molar-refractivity contribution in [2.24, 2.45) is 11.7 Å². The fourth-order valence-electron chi connectivity index (χ4n) is 3.11. The van der Waals surface area contributed by atoms with E-state index in [0.717, 1.165) is 51.3 Å². The van der Waals surface area contributed by atoms with Gasteiger partial charge in [0, 0.05) is 18.0 Å². The Balaban J connectivity index is 1.53. The summed E-state index contributed by atoms with van der Waals surface area (Å²) in [5.41, 5.74) is 7.04. The quantitative estimate of drug-likeness (QED) is 0.909. The van der Waals surface area contributed by atoms with E-state index < -0.39 is 0 Å². The normalized spacial score (nSPS) is 21.7. The third-order valence-corrected chi connectivity index (χ3v) is 4.28. The van der Waals surface area contributed by atoms with Gasteiger partial charge in [-0.3, -0.25) is 9.69 Å². The van der Waals surface area contributed by atoms with Gasteiger partial charge >= 0.3 is 0 Å². The van der Waals surface area contributed by atoms with E-state index >= 15 is 0 Å². The van der Waals surface area contributed by atoms with Crippen LogP contribution in [0.25, 0.3) is 0 Å². The number of amides is 1. The molecule has 0 bridgehead atoms. The minimum atomic E-state index is -0.369. The van der Waals surface area contributed by atoms with E-state index in [-0.39, 0.29) is 12.2 Å². The van der Waals surface area contributed by atoms with E-state index in [1.165, 1.54) is 0 Å². The third-order valence-electron chi connectivity index (χ3n) is 4.28. The molecule has 3 rings (SSSR count). The number of hydrogen-bond donors (Lipinski definition) is 1. The van der Waals surface area contributed by atoms with Crippen LogP contribution in [0.5, 0.6) is 0 Å². The van der Waals surface area contributed by atoms with Crippen molar-refractivity contribution < 1.29 is 14.3 Å². The van der Waals surface area contributed by atoms with Gasteiger partial charge in [-0.15, -0.1) is 0 Å². The number of nitrogens with zero attached hydrogens (tertiary/aromatic N) is 1. The largest absolute Gasteiger partial charge is 0.366 e. The minimum absolute atomic E-state index is 0.00494. The monoisotopic (exact) mass is 290 g/mol. The summed E-state index contributed by atoms with van der Waals surface area (Å²) in [6.45, 7) is 4.39. The molecule has 2 heterocycles. The van der Waals surface area contributed by atoms with Crippen molar-refractivity contribution in [2.45, 2.75) is 25.7 Å². The van der Waals surface area contributed by atoms with Gasteiger partial charge in [0.25, 0.3) is 0 Å². The molecule has 0 saturated carbocycles. The maximum atomic E-state index is 11.2. The molecule has 0 spiro atoms. The fourth-order valence-corrected chi connectivity index (χ4v) is 3.11. The third kappa shape index (κ3) is 3.61. The van der Waals surface area contributed by atoms with E-state index in [4.69, 9.17) is 15.2 Å². The molecular formula is C16H22N2O3. The summed E-state index contributed by atoms with van der Waals surface area (Å²) in [6, 6.07) is 7.58. The molecule has 0 unspecified atom stereocenters. The van der Waals surface area contributed by atoms with Gasteiger partial charge in [0.15, 0.2) is 6.29 Å². The van der Waals surface area contributed by atoms with Crippen LogP contribution >= 0.6 is 0 Å². The highest BCUT2D eigenvalue weighted by atomic mass is 16.7. The lowest BCUT2D eigenvalue weighted by Crippen LogP contribution is -2.37. The van der Waals surface area contributed by atoms with Crippen molar-refractivity contribution in [3.05, 3.63) is 35.4 Å². The lowest BCUT2D eigenvalue weighted by atomic mass is 9.95. The van der Waals surface area contributed by atoms with Gasteiger partial charge < -0.3 is 15.2 Å². The van der Waals surface area contributed by atoms with Crippen molar-refractivity contribution in [1.29, 1.82) is 0 Å². The highest BCUT2D eigenvalue weighted by Crippen LogP contribution is 2.26. The molecule has 5 heteroatoms. The molecule has 2 N–H and O–H groups in total. The molecule has 2 aliphatic rings. The van der Waals surface area contributed by atoms with E-state index in [0.29, 0.717) is 11.5 Å². The maximum Gasteiger partial charge on any atom is 0.248 e. The van der Waals surface area contributed by atoms with Gasteiger partial charge in [-0.05, 0) is 43.6 Å². The van der Waals surface area contributed by atoms with Crippen molar-refractivity contribution in [3.8, 4) is 0 Å². The van der Waals surface area contributed by atoms with Crippen molar-refractivity contribution >= 4 is 5.91 Å². The predicted molar refractivity (Wildman–Crippen MR) is 78.7 cm³/mol. The first-order chi connectivity index (χ1) is 10.2. The zero-order valence-electron chi connectivity index (χ0n) is 12.2. The van der Waals surface area contributed by atoms with Crippen LogP contribution < -0.4 is 5.73 Å². The van der Waals surface area contributed by atoms with Crippen molar-refractivity contribution in [3.63, 3.8) is 0 Å². The Hall–Kier alpha value is -1.43. The molecule has 2 saturated heterocycles. The molecule has 0 aromatic heterocycles. The van der Waals surface area contributed by atoms with Crippen molar-refractivity contribution in [1.82, 2.24) is 4.90 Å². The van der Waals surface area contributed by atoms with Gasteiger partial charge in [-0.25, -0.2) is 0 Å². The van der Waals surface area contributed by atoms with E-state index in [1.54, 1.807) is 6.07 Å². The average molecular weight is 290 g/mol. The molecule has 0 atom stereocenters. The van der Waals surface area contributed by atoms with Crippen LogP contribution in [0.3, 0.4) is 0 Å². The summed E-state index contributed by atoms with van der Waals surface area (Å²) in [5.74, 6) is 0.145. The summed E-state index contributed by atoms with van der Waals surface area (Å²) in [5, 5.41) is 0. The average Bonchev–Trinajstić information content (AvgIpc) is 3.02. The number of likely N-dealkylation sites (tertiary alicyclic amines) is 1. The standard InChI is InChI=1S/C16H22N2O3/c17-15(19)14-3-1-2-12(10-14)11-18-6-4-13(5-7-18)16-20-8-9-21-16/h1-3,10,13,16H,4-9,11H2,(H2,17,19). The topological polar surface area (TPSA) is 64.8 Å². The molecule has 0 aliphatic carbocycles. The van der Waals surface area contributed by atoms with Gasteiger partial charge in [0.2, 0.25) is 5.91 Å². The lowest BCUT2D eigenvalue weighted by Gasteiger charge is -2.33. The van der Waals surface area contributed by atoms with Crippen LogP contribution in [0, 0.1) is 5.92 Å². The number of benzene rings is 1. The molecule has 21 heavy (non-hydrogen) atoms. The number of carbonyl (C=O) groups is 1. The number of carbonyl (C=O) groups excluding carboxylic acids is 1. The number of primary amides is 1. The van der Waals surface area contributed by atoms with Crippen LogP contribution in [0.2, 0.25) is 0 Å². The Morgan fingerprint density at radius 1 is 1.24 bits per heavy atom. The van der Waals surface area contributed by atoms with Crippen LogP contribution in [0.15, 0.2) is 24.3 Å². The second-order valence-corrected chi connectivity index (χ2v) is 5.79. The summed E-state index contributed by atoms with van der Waals surface area (Å²) in [7, 11) is 0. The molecule has 5 nitrogen and oxygen atoms in total. The molecule has 1 aromatic carbocycles. The maximum absolute atomic E-state index is 11.2.